The molecule has 2 aromatic carbocycles. The number of pyridine rings is 1. The van der Waals surface area contributed by atoms with Gasteiger partial charge >= 0.3 is 5.97 Å². The van der Waals surface area contributed by atoms with Crippen molar-refractivity contribution >= 4 is 29.2 Å². The Balaban J connectivity index is 1.96. The van der Waals surface area contributed by atoms with Crippen molar-refractivity contribution in [2.75, 3.05) is 32.0 Å². The van der Waals surface area contributed by atoms with Gasteiger partial charge in [-0.15, -0.1) is 0 Å². The standard InChI is InChI=1S/C23H21N3O6/c1-30-18-11-10-16(23(29)32-3)19(20(18)31-2)26-22(28)15-8-4-5-9-17(15)25-21(27)14-7-6-12-24-13-14/h4-13H,1-3H3,(H,25,27)(H,26,28). The molecule has 0 unspecified atom stereocenters. The molecule has 3 rings (SSSR count). The number of benzene rings is 2. The maximum Gasteiger partial charge on any atom is 0.340 e. The van der Waals surface area contributed by atoms with Gasteiger partial charge in [0.2, 0.25) is 0 Å². The van der Waals surface area contributed by atoms with E-state index in [0.717, 1.165) is 0 Å². The summed E-state index contributed by atoms with van der Waals surface area (Å²) in [6.07, 6.45) is 2.97. The summed E-state index contributed by atoms with van der Waals surface area (Å²) in [4.78, 5) is 41.9. The van der Waals surface area contributed by atoms with Crippen LogP contribution in [-0.2, 0) is 4.74 Å². The first-order chi connectivity index (χ1) is 15.5. The Morgan fingerprint density at radius 2 is 1.59 bits per heavy atom. The van der Waals surface area contributed by atoms with Crippen LogP contribution in [-0.4, -0.2) is 44.1 Å². The monoisotopic (exact) mass is 435 g/mol. The first-order valence-electron chi connectivity index (χ1n) is 9.45. The van der Waals surface area contributed by atoms with Gasteiger partial charge in [-0.1, -0.05) is 12.1 Å². The van der Waals surface area contributed by atoms with Crippen LogP contribution in [0.15, 0.2) is 60.9 Å². The average molecular weight is 435 g/mol. The molecule has 164 valence electrons. The van der Waals surface area contributed by atoms with Crippen molar-refractivity contribution in [2.24, 2.45) is 0 Å². The Labute approximate surface area is 184 Å². The van der Waals surface area contributed by atoms with E-state index in [1.54, 1.807) is 42.6 Å². The molecule has 0 radical (unpaired) electrons. The topological polar surface area (TPSA) is 116 Å². The van der Waals surface area contributed by atoms with Crippen molar-refractivity contribution in [1.29, 1.82) is 0 Å². The Kier molecular flexibility index (Phi) is 7.02. The molecule has 0 aliphatic carbocycles. The third-order valence-corrected chi connectivity index (χ3v) is 4.53. The number of aromatic nitrogens is 1. The smallest absolute Gasteiger partial charge is 0.340 e. The van der Waals surface area contributed by atoms with Crippen molar-refractivity contribution in [1.82, 2.24) is 4.98 Å². The van der Waals surface area contributed by atoms with Gasteiger partial charge in [0.1, 0.15) is 5.69 Å². The lowest BCUT2D eigenvalue weighted by Gasteiger charge is -2.17. The Morgan fingerprint density at radius 1 is 0.812 bits per heavy atom. The van der Waals surface area contributed by atoms with E-state index in [0.29, 0.717) is 11.3 Å². The number of amides is 2. The lowest BCUT2D eigenvalue weighted by atomic mass is 10.1. The summed E-state index contributed by atoms with van der Waals surface area (Å²) in [5, 5.41) is 5.39. The molecular weight excluding hydrogens is 414 g/mol. The fraction of sp³-hybridized carbons (Fsp3) is 0.130. The van der Waals surface area contributed by atoms with E-state index in [-0.39, 0.29) is 28.3 Å². The van der Waals surface area contributed by atoms with Gasteiger partial charge in [0, 0.05) is 12.4 Å². The van der Waals surface area contributed by atoms with Crippen LogP contribution >= 0.6 is 0 Å². The molecule has 0 saturated carbocycles. The summed E-state index contributed by atoms with van der Waals surface area (Å²) in [7, 11) is 4.05. The normalized spacial score (nSPS) is 10.1. The van der Waals surface area contributed by atoms with Gasteiger partial charge in [0.15, 0.2) is 11.5 Å². The van der Waals surface area contributed by atoms with Crippen LogP contribution in [0.2, 0.25) is 0 Å². The molecule has 0 bridgehead atoms. The first kappa shape index (κ1) is 22.3. The number of methoxy groups -OCH3 is 3. The second-order valence-electron chi connectivity index (χ2n) is 6.41. The Morgan fingerprint density at radius 3 is 2.25 bits per heavy atom. The van der Waals surface area contributed by atoms with Crippen LogP contribution in [0.5, 0.6) is 11.5 Å². The Bertz CT molecular complexity index is 1150. The molecule has 2 amide bonds. The lowest BCUT2D eigenvalue weighted by Crippen LogP contribution is -2.20. The van der Waals surface area contributed by atoms with Gasteiger partial charge in [0.25, 0.3) is 11.8 Å². The minimum atomic E-state index is -0.667. The van der Waals surface area contributed by atoms with E-state index >= 15 is 0 Å². The fourth-order valence-corrected chi connectivity index (χ4v) is 2.99. The van der Waals surface area contributed by atoms with Crippen molar-refractivity contribution < 1.29 is 28.6 Å². The highest BCUT2D eigenvalue weighted by Gasteiger charge is 2.23. The van der Waals surface area contributed by atoms with Gasteiger partial charge in [-0.05, 0) is 36.4 Å². The van der Waals surface area contributed by atoms with Crippen molar-refractivity contribution in [3.05, 3.63) is 77.6 Å². The number of para-hydroxylation sites is 1. The molecule has 32 heavy (non-hydrogen) atoms. The maximum atomic E-state index is 13.2. The highest BCUT2D eigenvalue weighted by atomic mass is 16.5. The number of hydrogen-bond acceptors (Lipinski definition) is 7. The number of carbonyl (C=O) groups is 3. The lowest BCUT2D eigenvalue weighted by molar-refractivity contribution is 0.0601. The minimum absolute atomic E-state index is 0.0791. The van der Waals surface area contributed by atoms with Crippen molar-refractivity contribution in [2.45, 2.75) is 0 Å². The van der Waals surface area contributed by atoms with Gasteiger partial charge in [0.05, 0.1) is 43.7 Å². The van der Waals surface area contributed by atoms with Gasteiger partial charge in [-0.3, -0.25) is 14.6 Å². The van der Waals surface area contributed by atoms with E-state index in [1.165, 1.54) is 39.7 Å². The van der Waals surface area contributed by atoms with Crippen LogP contribution in [0.1, 0.15) is 31.1 Å². The summed E-state index contributed by atoms with van der Waals surface area (Å²) >= 11 is 0. The number of rotatable bonds is 7. The predicted molar refractivity (Wildman–Crippen MR) is 117 cm³/mol. The summed E-state index contributed by atoms with van der Waals surface area (Å²) in [5.74, 6) is -1.20. The summed E-state index contributed by atoms with van der Waals surface area (Å²) in [6, 6.07) is 12.7. The molecule has 0 spiro atoms. The molecule has 9 heteroatoms. The average Bonchev–Trinajstić information content (AvgIpc) is 2.83. The zero-order chi connectivity index (χ0) is 23.1. The molecular formula is C23H21N3O6. The molecule has 0 aliphatic heterocycles. The third-order valence-electron chi connectivity index (χ3n) is 4.53. The number of nitrogens with one attached hydrogen (secondary N) is 2. The quantitative estimate of drug-likeness (QED) is 0.547. The Hall–Kier alpha value is -4.40. The zero-order valence-electron chi connectivity index (χ0n) is 17.7. The number of anilines is 2. The van der Waals surface area contributed by atoms with Crippen LogP contribution in [0, 0.1) is 0 Å². The van der Waals surface area contributed by atoms with Gasteiger partial charge in [-0.25, -0.2) is 4.79 Å². The summed E-state index contributed by atoms with van der Waals surface area (Å²) < 4.78 is 15.4. The number of carbonyl (C=O) groups excluding carboxylic acids is 3. The van der Waals surface area contributed by atoms with Crippen molar-refractivity contribution in [3.8, 4) is 11.5 Å². The van der Waals surface area contributed by atoms with E-state index in [4.69, 9.17) is 14.2 Å². The van der Waals surface area contributed by atoms with E-state index in [2.05, 4.69) is 15.6 Å². The predicted octanol–water partition coefficient (Wildman–Crippen LogP) is 3.39. The largest absolute Gasteiger partial charge is 0.493 e. The van der Waals surface area contributed by atoms with E-state index in [9.17, 15) is 14.4 Å². The van der Waals surface area contributed by atoms with Crippen LogP contribution in [0.3, 0.4) is 0 Å². The third kappa shape index (κ3) is 4.67. The number of esters is 1. The van der Waals surface area contributed by atoms with Crippen LogP contribution < -0.4 is 20.1 Å². The molecule has 0 atom stereocenters. The van der Waals surface area contributed by atoms with Gasteiger partial charge < -0.3 is 24.8 Å². The zero-order valence-corrected chi connectivity index (χ0v) is 17.7. The fourth-order valence-electron chi connectivity index (χ4n) is 2.99. The van der Waals surface area contributed by atoms with Crippen LogP contribution in [0.4, 0.5) is 11.4 Å². The maximum absolute atomic E-state index is 13.2. The van der Waals surface area contributed by atoms with Gasteiger partial charge in [-0.2, -0.15) is 0 Å². The highest BCUT2D eigenvalue weighted by Crippen LogP contribution is 2.38. The number of hydrogen-bond donors (Lipinski definition) is 2. The number of nitrogens with zero attached hydrogens (tertiary/aromatic N) is 1. The van der Waals surface area contributed by atoms with Crippen molar-refractivity contribution in [3.63, 3.8) is 0 Å². The second-order valence-corrected chi connectivity index (χ2v) is 6.41. The molecule has 0 fully saturated rings. The summed E-state index contributed by atoms with van der Waals surface area (Å²) in [5.41, 5.74) is 0.948. The van der Waals surface area contributed by atoms with Crippen LogP contribution in [0.25, 0.3) is 0 Å². The SMILES string of the molecule is COC(=O)c1ccc(OC)c(OC)c1NC(=O)c1ccccc1NC(=O)c1cccnc1. The highest BCUT2D eigenvalue weighted by molar-refractivity contribution is 6.14. The summed E-state index contributed by atoms with van der Waals surface area (Å²) in [6.45, 7) is 0. The molecule has 0 aliphatic rings. The molecule has 1 heterocycles. The molecule has 1 aromatic heterocycles. The first-order valence-corrected chi connectivity index (χ1v) is 9.45. The van der Waals surface area contributed by atoms with E-state index < -0.39 is 17.8 Å². The molecule has 9 nitrogen and oxygen atoms in total. The molecule has 0 saturated heterocycles. The molecule has 2 N–H and O–H groups in total. The minimum Gasteiger partial charge on any atom is -0.493 e. The second kappa shape index (κ2) is 10.1. The molecule has 3 aromatic rings. The number of ether oxygens (including phenoxy) is 3. The van der Waals surface area contributed by atoms with E-state index in [1.807, 2.05) is 0 Å².